The lowest BCUT2D eigenvalue weighted by Gasteiger charge is -2.24. The van der Waals surface area contributed by atoms with Gasteiger partial charge in [0, 0.05) is 46.7 Å². The van der Waals surface area contributed by atoms with Gasteiger partial charge in [-0.2, -0.15) is 0 Å². The van der Waals surface area contributed by atoms with Crippen molar-refractivity contribution in [3.8, 4) is 11.3 Å². The Morgan fingerprint density at radius 1 is 1.39 bits per heavy atom. The van der Waals surface area contributed by atoms with Crippen molar-refractivity contribution in [3.05, 3.63) is 53.1 Å². The largest absolute Gasteiger partial charge is 0.347 e. The van der Waals surface area contributed by atoms with Crippen LogP contribution in [0.2, 0.25) is 5.02 Å². The third-order valence-electron chi connectivity index (χ3n) is 6.16. The number of fused-ring (bicyclic) bond motifs is 1. The van der Waals surface area contributed by atoms with E-state index in [0.29, 0.717) is 16.3 Å². The highest BCUT2D eigenvalue weighted by Gasteiger charge is 2.30. The standard InChI is InChI=1S/C24H29ClFN3OS/c1-5-24(3,4)14-29-13-19(15(2)28-31(30)16-8-9-16)17-11-21(26)18(12-22(17)29)23-20(25)7-6-10-27-23/h6-7,10-13,15-16,28H,5,8-9,14H2,1-4H3. The molecule has 0 saturated heterocycles. The number of halogens is 2. The predicted octanol–water partition coefficient (Wildman–Crippen LogP) is 6.41. The summed E-state index contributed by atoms with van der Waals surface area (Å²) in [5.74, 6) is -0.364. The summed E-state index contributed by atoms with van der Waals surface area (Å²) < 4.78 is 33.1. The first-order chi connectivity index (χ1) is 14.7. The number of rotatable bonds is 8. The van der Waals surface area contributed by atoms with Crippen LogP contribution < -0.4 is 4.72 Å². The molecule has 7 heteroatoms. The van der Waals surface area contributed by atoms with Crippen molar-refractivity contribution in [2.75, 3.05) is 0 Å². The molecular weight excluding hydrogens is 433 g/mol. The molecule has 1 aliphatic carbocycles. The van der Waals surface area contributed by atoms with E-state index < -0.39 is 11.0 Å². The molecule has 4 rings (SSSR count). The van der Waals surface area contributed by atoms with Crippen LogP contribution in [0.3, 0.4) is 0 Å². The Labute approximate surface area is 190 Å². The minimum atomic E-state index is -1.07. The Morgan fingerprint density at radius 3 is 2.77 bits per heavy atom. The number of aromatic nitrogens is 2. The van der Waals surface area contributed by atoms with Gasteiger partial charge in [0.05, 0.1) is 21.7 Å². The number of hydrogen-bond donors (Lipinski definition) is 1. The summed E-state index contributed by atoms with van der Waals surface area (Å²) in [5.41, 5.74) is 2.79. The summed E-state index contributed by atoms with van der Waals surface area (Å²) in [4.78, 5) is 4.31. The van der Waals surface area contributed by atoms with Crippen molar-refractivity contribution in [1.82, 2.24) is 14.3 Å². The van der Waals surface area contributed by atoms with E-state index in [2.05, 4.69) is 41.2 Å². The average Bonchev–Trinajstić information content (AvgIpc) is 3.52. The van der Waals surface area contributed by atoms with E-state index in [4.69, 9.17) is 11.6 Å². The number of nitrogens with one attached hydrogen (secondary N) is 1. The molecule has 3 aromatic rings. The van der Waals surface area contributed by atoms with Crippen LogP contribution >= 0.6 is 11.6 Å². The second-order valence-corrected chi connectivity index (χ2v) is 11.2. The highest BCUT2D eigenvalue weighted by Crippen LogP contribution is 2.37. The Hall–Kier alpha value is -1.76. The fraction of sp³-hybridized carbons (Fsp3) is 0.458. The molecule has 31 heavy (non-hydrogen) atoms. The maximum atomic E-state index is 15.3. The van der Waals surface area contributed by atoms with Gasteiger partial charge in [-0.1, -0.05) is 32.4 Å². The van der Waals surface area contributed by atoms with Crippen molar-refractivity contribution in [3.63, 3.8) is 0 Å². The summed E-state index contributed by atoms with van der Waals surface area (Å²) in [7, 11) is -1.07. The minimum absolute atomic E-state index is 0.0773. The first-order valence-corrected chi connectivity index (χ1v) is 12.4. The Bertz CT molecular complexity index is 1140. The quantitative estimate of drug-likeness (QED) is 0.421. The maximum absolute atomic E-state index is 15.3. The first kappa shape index (κ1) is 22.4. The van der Waals surface area contributed by atoms with Gasteiger partial charge in [-0.25, -0.2) is 13.3 Å². The normalized spacial score (nSPS) is 16.6. The van der Waals surface area contributed by atoms with E-state index in [9.17, 15) is 4.21 Å². The molecule has 1 aromatic carbocycles. The highest BCUT2D eigenvalue weighted by molar-refractivity contribution is 7.84. The zero-order valence-electron chi connectivity index (χ0n) is 18.4. The molecule has 2 heterocycles. The van der Waals surface area contributed by atoms with Crippen LogP contribution in [0.15, 0.2) is 36.7 Å². The molecule has 0 bridgehead atoms. The van der Waals surface area contributed by atoms with E-state index in [1.165, 1.54) is 0 Å². The van der Waals surface area contributed by atoms with Gasteiger partial charge in [0.25, 0.3) is 0 Å². The molecule has 1 N–H and O–H groups in total. The summed E-state index contributed by atoms with van der Waals surface area (Å²) in [5, 5.41) is 1.49. The Morgan fingerprint density at radius 2 is 2.13 bits per heavy atom. The number of pyridine rings is 1. The third kappa shape index (κ3) is 4.71. The topological polar surface area (TPSA) is 46.9 Å². The fourth-order valence-corrected chi connectivity index (χ4v) is 5.22. The summed E-state index contributed by atoms with van der Waals surface area (Å²) in [6, 6.07) is 6.72. The minimum Gasteiger partial charge on any atom is -0.347 e. The molecule has 2 aromatic heterocycles. The number of benzene rings is 1. The van der Waals surface area contributed by atoms with E-state index in [1.54, 1.807) is 24.4 Å². The van der Waals surface area contributed by atoms with Gasteiger partial charge in [-0.05, 0) is 61.4 Å². The lowest BCUT2D eigenvalue weighted by Crippen LogP contribution is -2.24. The fourth-order valence-electron chi connectivity index (χ4n) is 3.77. The highest BCUT2D eigenvalue weighted by atomic mass is 35.5. The maximum Gasteiger partial charge on any atom is 0.133 e. The third-order valence-corrected chi connectivity index (χ3v) is 8.12. The summed E-state index contributed by atoms with van der Waals surface area (Å²) in [6.45, 7) is 9.41. The molecule has 166 valence electrons. The Kier molecular flexibility index (Phi) is 6.25. The lowest BCUT2D eigenvalue weighted by atomic mass is 9.90. The molecule has 1 aliphatic rings. The van der Waals surface area contributed by atoms with Gasteiger partial charge in [-0.15, -0.1) is 0 Å². The molecule has 0 spiro atoms. The Balaban J connectivity index is 1.84. The van der Waals surface area contributed by atoms with Crippen LogP contribution in [-0.4, -0.2) is 19.0 Å². The summed E-state index contributed by atoms with van der Waals surface area (Å²) >= 11 is 6.32. The van der Waals surface area contributed by atoms with E-state index in [-0.39, 0.29) is 22.5 Å². The van der Waals surface area contributed by atoms with E-state index in [1.807, 2.05) is 13.0 Å². The SMILES string of the molecule is CCC(C)(C)Cn1cc(C(C)NS(=O)C2CC2)c2cc(F)c(-c3ncccc3Cl)cc21. The predicted molar refractivity (Wildman–Crippen MR) is 127 cm³/mol. The van der Waals surface area contributed by atoms with Crippen molar-refractivity contribution in [2.45, 2.75) is 64.8 Å². The number of nitrogens with zero attached hydrogens (tertiary/aromatic N) is 2. The molecule has 0 aliphatic heterocycles. The summed E-state index contributed by atoms with van der Waals surface area (Å²) in [6.07, 6.45) is 6.71. The molecule has 1 saturated carbocycles. The van der Waals surface area contributed by atoms with Gasteiger partial charge < -0.3 is 4.57 Å². The molecule has 0 radical (unpaired) electrons. The van der Waals surface area contributed by atoms with Crippen molar-refractivity contribution >= 4 is 33.5 Å². The molecule has 4 nitrogen and oxygen atoms in total. The first-order valence-electron chi connectivity index (χ1n) is 10.8. The number of hydrogen-bond acceptors (Lipinski definition) is 2. The molecule has 1 fully saturated rings. The van der Waals surface area contributed by atoms with Crippen molar-refractivity contribution in [2.24, 2.45) is 5.41 Å². The smallest absolute Gasteiger partial charge is 0.133 e. The van der Waals surface area contributed by atoms with Gasteiger partial charge >= 0.3 is 0 Å². The van der Waals surface area contributed by atoms with Gasteiger partial charge in [-0.3, -0.25) is 4.98 Å². The zero-order valence-corrected chi connectivity index (χ0v) is 20.0. The van der Waals surface area contributed by atoms with Crippen LogP contribution in [0.1, 0.15) is 58.6 Å². The van der Waals surface area contributed by atoms with Crippen LogP contribution in [0.5, 0.6) is 0 Å². The van der Waals surface area contributed by atoms with Crippen LogP contribution in [-0.2, 0) is 17.5 Å². The van der Waals surface area contributed by atoms with Crippen LogP contribution in [0, 0.1) is 11.2 Å². The van der Waals surface area contributed by atoms with Gasteiger partial charge in [0.1, 0.15) is 5.82 Å². The van der Waals surface area contributed by atoms with Gasteiger partial charge in [0.2, 0.25) is 0 Å². The zero-order chi connectivity index (χ0) is 22.3. The molecule has 2 unspecified atom stereocenters. The average molecular weight is 462 g/mol. The molecule has 0 amide bonds. The van der Waals surface area contributed by atoms with E-state index >= 15 is 4.39 Å². The van der Waals surface area contributed by atoms with Crippen molar-refractivity contribution in [1.29, 1.82) is 0 Å². The van der Waals surface area contributed by atoms with Gasteiger partial charge in [0.15, 0.2) is 0 Å². The lowest BCUT2D eigenvalue weighted by molar-refractivity contribution is 0.298. The van der Waals surface area contributed by atoms with Crippen molar-refractivity contribution < 1.29 is 8.60 Å². The monoisotopic (exact) mass is 461 g/mol. The van der Waals surface area contributed by atoms with Crippen LogP contribution in [0.25, 0.3) is 22.2 Å². The van der Waals surface area contributed by atoms with Crippen LogP contribution in [0.4, 0.5) is 4.39 Å². The van der Waals surface area contributed by atoms with E-state index in [0.717, 1.165) is 42.3 Å². The second kappa shape index (κ2) is 8.64. The second-order valence-electron chi connectivity index (χ2n) is 9.25. The molecular formula is C24H29ClFN3OS. The molecule has 2 atom stereocenters.